The molecule has 4 heteroatoms. The summed E-state index contributed by atoms with van der Waals surface area (Å²) in [5.74, 6) is -0.819. The van der Waals surface area contributed by atoms with E-state index in [0.717, 1.165) is 6.29 Å². The van der Waals surface area contributed by atoms with Crippen molar-refractivity contribution in [2.24, 2.45) is 11.8 Å². The second-order valence-corrected chi connectivity index (χ2v) is 3.71. The van der Waals surface area contributed by atoms with E-state index in [0.29, 0.717) is 32.3 Å². The predicted molar refractivity (Wildman–Crippen MR) is 53.2 cm³/mol. The van der Waals surface area contributed by atoms with E-state index in [1.807, 2.05) is 0 Å². The van der Waals surface area contributed by atoms with Gasteiger partial charge in [-0.05, 0) is 19.8 Å². The number of hydrogen-bond acceptors (Lipinski definition) is 4. The molecule has 0 aromatic carbocycles. The van der Waals surface area contributed by atoms with Crippen molar-refractivity contribution in [1.29, 1.82) is 0 Å². The summed E-state index contributed by atoms with van der Waals surface area (Å²) < 4.78 is 4.90. The molecule has 0 amide bonds. The Morgan fingerprint density at radius 2 is 2.33 bits per heavy atom. The van der Waals surface area contributed by atoms with E-state index < -0.39 is 0 Å². The normalized spacial score (nSPS) is 25.3. The van der Waals surface area contributed by atoms with Gasteiger partial charge in [0.2, 0.25) is 0 Å². The maximum absolute atomic E-state index is 11.5. The van der Waals surface area contributed by atoms with E-state index >= 15 is 0 Å². The van der Waals surface area contributed by atoms with Gasteiger partial charge in [-0.15, -0.1) is 0 Å². The molecule has 1 fully saturated rings. The van der Waals surface area contributed by atoms with Gasteiger partial charge in [-0.1, -0.05) is 0 Å². The maximum Gasteiger partial charge on any atom is 0.309 e. The zero-order chi connectivity index (χ0) is 11.3. The molecule has 2 atom stereocenters. The van der Waals surface area contributed by atoms with Crippen LogP contribution in [0.4, 0.5) is 0 Å². The monoisotopic (exact) mass is 212 g/mol. The lowest BCUT2D eigenvalue weighted by atomic mass is 9.91. The Kier molecular flexibility index (Phi) is 4.46. The molecule has 0 radical (unpaired) electrons. The summed E-state index contributed by atoms with van der Waals surface area (Å²) in [7, 11) is 0. The minimum absolute atomic E-state index is 0.0925. The van der Waals surface area contributed by atoms with E-state index in [1.165, 1.54) is 0 Å². The number of ether oxygens (including phenoxy) is 1. The highest BCUT2D eigenvalue weighted by atomic mass is 16.5. The van der Waals surface area contributed by atoms with E-state index in [9.17, 15) is 14.4 Å². The lowest BCUT2D eigenvalue weighted by Gasteiger charge is -2.15. The van der Waals surface area contributed by atoms with Gasteiger partial charge in [0.05, 0.1) is 12.5 Å². The minimum atomic E-state index is -0.322. The topological polar surface area (TPSA) is 60.4 Å². The number of hydrogen-bond donors (Lipinski definition) is 0. The van der Waals surface area contributed by atoms with Crippen LogP contribution in [0.1, 0.15) is 32.6 Å². The number of Topliss-reactive ketones (excluding diaryl/α,β-unsaturated/α-hetero) is 1. The van der Waals surface area contributed by atoms with Gasteiger partial charge in [0, 0.05) is 18.8 Å². The molecule has 0 aromatic heterocycles. The van der Waals surface area contributed by atoms with Crippen molar-refractivity contribution < 1.29 is 19.1 Å². The summed E-state index contributed by atoms with van der Waals surface area (Å²) in [5, 5.41) is 0. The Morgan fingerprint density at radius 3 is 2.93 bits per heavy atom. The van der Waals surface area contributed by atoms with Gasteiger partial charge in [0.15, 0.2) is 0 Å². The van der Waals surface area contributed by atoms with E-state index in [4.69, 9.17) is 4.74 Å². The maximum atomic E-state index is 11.5. The first-order valence-electron chi connectivity index (χ1n) is 5.33. The second kappa shape index (κ2) is 5.63. The van der Waals surface area contributed by atoms with Crippen LogP contribution >= 0.6 is 0 Å². The van der Waals surface area contributed by atoms with Crippen LogP contribution in [0.2, 0.25) is 0 Å². The molecular weight excluding hydrogens is 196 g/mol. The molecule has 0 heterocycles. The standard InChI is InChI=1S/C11H16O4/c1-2-15-11(14)9-5-6-10(13)8(9)4-3-7-12/h7-9H,2-6H2,1H3. The highest BCUT2D eigenvalue weighted by Crippen LogP contribution is 2.32. The zero-order valence-electron chi connectivity index (χ0n) is 8.90. The second-order valence-electron chi connectivity index (χ2n) is 3.71. The summed E-state index contributed by atoms with van der Waals surface area (Å²) in [6.45, 7) is 2.08. The number of ketones is 1. The van der Waals surface area contributed by atoms with Crippen molar-refractivity contribution in [3.05, 3.63) is 0 Å². The van der Waals surface area contributed by atoms with Gasteiger partial charge in [0.1, 0.15) is 12.1 Å². The van der Waals surface area contributed by atoms with Crippen LogP contribution in [0.5, 0.6) is 0 Å². The Balaban J connectivity index is 2.58. The molecule has 84 valence electrons. The summed E-state index contributed by atoms with van der Waals surface area (Å²) in [4.78, 5) is 33.2. The Morgan fingerprint density at radius 1 is 1.60 bits per heavy atom. The van der Waals surface area contributed by atoms with Crippen LogP contribution in [0.3, 0.4) is 0 Å². The lowest BCUT2D eigenvalue weighted by Crippen LogP contribution is -2.24. The molecule has 2 unspecified atom stereocenters. The number of carbonyl (C=O) groups excluding carboxylic acids is 3. The molecule has 15 heavy (non-hydrogen) atoms. The van der Waals surface area contributed by atoms with Crippen molar-refractivity contribution in [2.45, 2.75) is 32.6 Å². The van der Waals surface area contributed by atoms with Crippen LogP contribution in [-0.4, -0.2) is 24.6 Å². The van der Waals surface area contributed by atoms with Gasteiger partial charge in [0.25, 0.3) is 0 Å². The van der Waals surface area contributed by atoms with Crippen LogP contribution in [0.15, 0.2) is 0 Å². The van der Waals surface area contributed by atoms with Gasteiger partial charge >= 0.3 is 5.97 Å². The molecule has 1 aliphatic rings. The fourth-order valence-electron chi connectivity index (χ4n) is 2.05. The number of aldehydes is 1. The SMILES string of the molecule is CCOC(=O)C1CCC(=O)C1CCC=O. The predicted octanol–water partition coefficient (Wildman–Crippen LogP) is 1.12. The Bertz CT molecular complexity index is 259. The van der Waals surface area contributed by atoms with Gasteiger partial charge in [-0.3, -0.25) is 9.59 Å². The summed E-state index contributed by atoms with van der Waals surface area (Å²) in [6.07, 6.45) is 2.61. The third kappa shape index (κ3) is 2.88. The lowest BCUT2D eigenvalue weighted by molar-refractivity contribution is -0.150. The molecular formula is C11H16O4. The molecule has 1 saturated carbocycles. The molecule has 0 N–H and O–H groups in total. The van der Waals surface area contributed by atoms with Crippen molar-refractivity contribution in [3.63, 3.8) is 0 Å². The fourth-order valence-corrected chi connectivity index (χ4v) is 2.05. The number of esters is 1. The largest absolute Gasteiger partial charge is 0.466 e. The minimum Gasteiger partial charge on any atom is -0.466 e. The smallest absolute Gasteiger partial charge is 0.309 e. The fraction of sp³-hybridized carbons (Fsp3) is 0.727. The van der Waals surface area contributed by atoms with Crippen LogP contribution in [-0.2, 0) is 19.1 Å². The molecule has 4 nitrogen and oxygen atoms in total. The molecule has 1 aliphatic carbocycles. The quantitative estimate of drug-likeness (QED) is 0.506. The summed E-state index contributed by atoms with van der Waals surface area (Å²) in [5.41, 5.74) is 0. The number of rotatable bonds is 5. The van der Waals surface area contributed by atoms with Crippen molar-refractivity contribution in [2.75, 3.05) is 6.61 Å². The highest BCUT2D eigenvalue weighted by Gasteiger charge is 2.39. The highest BCUT2D eigenvalue weighted by molar-refractivity contribution is 5.90. The van der Waals surface area contributed by atoms with Gasteiger partial charge in [-0.2, -0.15) is 0 Å². The van der Waals surface area contributed by atoms with Crippen molar-refractivity contribution >= 4 is 18.0 Å². The van der Waals surface area contributed by atoms with Crippen LogP contribution in [0.25, 0.3) is 0 Å². The average Bonchev–Trinajstić information content (AvgIpc) is 2.57. The molecule has 0 bridgehead atoms. The first kappa shape index (κ1) is 11.9. The molecule has 0 spiro atoms. The van der Waals surface area contributed by atoms with Gasteiger partial charge < -0.3 is 9.53 Å². The molecule has 0 aromatic rings. The van der Waals surface area contributed by atoms with Crippen molar-refractivity contribution in [3.8, 4) is 0 Å². The zero-order valence-corrected chi connectivity index (χ0v) is 8.90. The van der Waals surface area contributed by atoms with Gasteiger partial charge in [-0.25, -0.2) is 0 Å². The molecule has 0 aliphatic heterocycles. The van der Waals surface area contributed by atoms with E-state index in [-0.39, 0.29) is 23.6 Å². The Labute approximate surface area is 89.0 Å². The summed E-state index contributed by atoms with van der Waals surface area (Å²) >= 11 is 0. The van der Waals surface area contributed by atoms with Crippen LogP contribution in [0, 0.1) is 11.8 Å². The van der Waals surface area contributed by atoms with Crippen LogP contribution < -0.4 is 0 Å². The number of carbonyl (C=O) groups is 3. The first-order valence-corrected chi connectivity index (χ1v) is 5.33. The Hall–Kier alpha value is -1.19. The van der Waals surface area contributed by atoms with E-state index in [1.54, 1.807) is 6.92 Å². The molecule has 1 rings (SSSR count). The third-order valence-corrected chi connectivity index (χ3v) is 2.79. The average molecular weight is 212 g/mol. The van der Waals surface area contributed by atoms with E-state index in [2.05, 4.69) is 0 Å². The third-order valence-electron chi connectivity index (χ3n) is 2.79. The summed E-state index contributed by atoms with van der Waals surface area (Å²) in [6, 6.07) is 0. The molecule has 0 saturated heterocycles. The first-order chi connectivity index (χ1) is 7.20. The van der Waals surface area contributed by atoms with Crippen molar-refractivity contribution in [1.82, 2.24) is 0 Å².